The Labute approximate surface area is 107 Å². The van der Waals surface area contributed by atoms with Gasteiger partial charge in [-0.1, -0.05) is 34.1 Å². The highest BCUT2D eigenvalue weighted by Gasteiger charge is 2.27. The molecule has 5 atom stereocenters. The summed E-state index contributed by atoms with van der Waals surface area (Å²) in [5.41, 5.74) is 0. The van der Waals surface area contributed by atoms with Gasteiger partial charge in [0.25, 0.3) is 0 Å². The Morgan fingerprint density at radius 2 is 2.12 bits per heavy atom. The molecular weight excluding hydrogens is 208 g/mol. The summed E-state index contributed by atoms with van der Waals surface area (Å²) in [5.74, 6) is 2.86. The Kier molecular flexibility index (Phi) is 6.18. The molecule has 0 aromatic heterocycles. The maximum absolute atomic E-state index is 7.27. The van der Waals surface area contributed by atoms with E-state index in [0.717, 1.165) is 24.2 Å². The van der Waals surface area contributed by atoms with Crippen LogP contribution in [0.3, 0.4) is 0 Å². The quantitative estimate of drug-likeness (QED) is 0.680. The molecule has 1 rings (SSSR count). The van der Waals surface area contributed by atoms with Crippen molar-refractivity contribution < 1.29 is 0 Å². The van der Waals surface area contributed by atoms with Gasteiger partial charge in [0.2, 0.25) is 0 Å². The van der Waals surface area contributed by atoms with Crippen LogP contribution < -0.4 is 5.32 Å². The molecule has 0 amide bonds. The fraction of sp³-hybridized carbons (Fsp3) is 0.933. The Hall–Kier alpha value is -0.370. The summed E-state index contributed by atoms with van der Waals surface area (Å²) in [4.78, 5) is 0. The van der Waals surface area contributed by atoms with E-state index in [0.29, 0.717) is 12.0 Å². The molecule has 0 bridgehead atoms. The summed E-state index contributed by atoms with van der Waals surface area (Å²) in [5, 5.41) is 11.0. The third kappa shape index (κ3) is 4.79. The van der Waals surface area contributed by atoms with Crippen LogP contribution in [-0.4, -0.2) is 18.8 Å². The topological polar surface area (TPSA) is 35.9 Å². The number of rotatable bonds is 6. The summed E-state index contributed by atoms with van der Waals surface area (Å²) < 4.78 is 0. The van der Waals surface area contributed by atoms with E-state index in [-0.39, 0.29) is 0 Å². The second kappa shape index (κ2) is 7.15. The lowest BCUT2D eigenvalue weighted by Crippen LogP contribution is -2.45. The molecule has 1 fully saturated rings. The fourth-order valence-corrected chi connectivity index (χ4v) is 3.15. The van der Waals surface area contributed by atoms with Gasteiger partial charge in [-0.15, -0.1) is 0 Å². The molecule has 0 aliphatic carbocycles. The van der Waals surface area contributed by atoms with Crippen LogP contribution >= 0.6 is 0 Å². The Balaban J connectivity index is 2.34. The molecule has 5 unspecified atom stereocenters. The normalized spacial score (nSPS) is 33.1. The lowest BCUT2D eigenvalue weighted by Gasteiger charge is -2.36. The standard InChI is InChI=1S/C15H30N2/c1-5-14-8-13(4)15(17-10-14)7-11(2)6-12(3)9-16/h9,11-17H,5-8,10H2,1-4H3. The highest BCUT2D eigenvalue weighted by molar-refractivity contribution is 5.55. The molecule has 0 spiro atoms. The highest BCUT2D eigenvalue weighted by atomic mass is 14.9. The Morgan fingerprint density at radius 3 is 2.65 bits per heavy atom. The zero-order valence-corrected chi connectivity index (χ0v) is 12.0. The van der Waals surface area contributed by atoms with Gasteiger partial charge in [0.05, 0.1) is 0 Å². The first-order chi connectivity index (χ1) is 8.06. The lowest BCUT2D eigenvalue weighted by atomic mass is 9.80. The van der Waals surface area contributed by atoms with Gasteiger partial charge >= 0.3 is 0 Å². The van der Waals surface area contributed by atoms with Crippen LogP contribution in [0, 0.1) is 29.1 Å². The number of piperidine rings is 1. The molecule has 0 aromatic carbocycles. The molecule has 1 saturated heterocycles. The first-order valence-corrected chi connectivity index (χ1v) is 7.30. The molecule has 1 heterocycles. The second-order valence-electron chi connectivity index (χ2n) is 6.22. The van der Waals surface area contributed by atoms with Crippen molar-refractivity contribution >= 4 is 6.21 Å². The second-order valence-corrected chi connectivity index (χ2v) is 6.22. The smallest absolute Gasteiger partial charge is 0.00954 e. The molecule has 0 saturated carbocycles. The van der Waals surface area contributed by atoms with Gasteiger partial charge in [0, 0.05) is 6.04 Å². The largest absolute Gasteiger partial charge is 0.313 e. The maximum atomic E-state index is 7.27. The predicted octanol–water partition coefficient (Wildman–Crippen LogP) is 3.71. The minimum atomic E-state index is 0.437. The van der Waals surface area contributed by atoms with Crippen LogP contribution in [0.15, 0.2) is 0 Å². The molecule has 1 aliphatic heterocycles. The van der Waals surface area contributed by atoms with Crippen LogP contribution in [-0.2, 0) is 0 Å². The van der Waals surface area contributed by atoms with Crippen molar-refractivity contribution in [2.75, 3.05) is 6.54 Å². The van der Waals surface area contributed by atoms with Crippen LogP contribution in [0.4, 0.5) is 0 Å². The molecular formula is C15H30N2. The van der Waals surface area contributed by atoms with Gasteiger partial charge in [-0.2, -0.15) is 0 Å². The summed E-state index contributed by atoms with van der Waals surface area (Å²) in [6.45, 7) is 10.4. The minimum Gasteiger partial charge on any atom is -0.313 e. The first kappa shape index (κ1) is 14.7. The van der Waals surface area contributed by atoms with Crippen molar-refractivity contribution in [2.24, 2.45) is 23.7 Å². The van der Waals surface area contributed by atoms with Gasteiger partial charge in [-0.3, -0.25) is 0 Å². The molecule has 0 aromatic rings. The maximum Gasteiger partial charge on any atom is 0.00954 e. The van der Waals surface area contributed by atoms with E-state index in [2.05, 4.69) is 33.0 Å². The summed E-state index contributed by atoms with van der Waals surface area (Å²) in [6, 6.07) is 0.700. The molecule has 2 heteroatoms. The van der Waals surface area contributed by atoms with Crippen molar-refractivity contribution in [1.29, 1.82) is 5.41 Å². The van der Waals surface area contributed by atoms with Crippen LogP contribution in [0.2, 0.25) is 0 Å². The third-order valence-corrected chi connectivity index (χ3v) is 4.35. The van der Waals surface area contributed by atoms with Gasteiger partial charge in [0.15, 0.2) is 0 Å². The minimum absolute atomic E-state index is 0.437. The number of hydrogen-bond donors (Lipinski definition) is 2. The molecule has 1 aliphatic rings. The summed E-state index contributed by atoms with van der Waals surface area (Å²) in [7, 11) is 0. The zero-order valence-electron chi connectivity index (χ0n) is 12.0. The van der Waals surface area contributed by atoms with E-state index < -0.39 is 0 Å². The van der Waals surface area contributed by atoms with E-state index in [1.54, 1.807) is 6.21 Å². The van der Waals surface area contributed by atoms with E-state index in [1.807, 2.05) is 0 Å². The van der Waals surface area contributed by atoms with Crippen LogP contribution in [0.25, 0.3) is 0 Å². The molecule has 17 heavy (non-hydrogen) atoms. The van der Waals surface area contributed by atoms with E-state index >= 15 is 0 Å². The van der Waals surface area contributed by atoms with Gasteiger partial charge in [0.1, 0.15) is 0 Å². The van der Waals surface area contributed by atoms with Crippen molar-refractivity contribution in [3.05, 3.63) is 0 Å². The SMILES string of the molecule is CCC1CNC(CC(C)CC(C)C=N)C(C)C1. The summed E-state index contributed by atoms with van der Waals surface area (Å²) in [6.07, 6.45) is 6.72. The Bertz CT molecular complexity index is 227. The van der Waals surface area contributed by atoms with Crippen molar-refractivity contribution in [1.82, 2.24) is 5.32 Å². The third-order valence-electron chi connectivity index (χ3n) is 4.35. The van der Waals surface area contributed by atoms with E-state index in [4.69, 9.17) is 5.41 Å². The van der Waals surface area contributed by atoms with Gasteiger partial charge in [-0.25, -0.2) is 0 Å². The monoisotopic (exact) mass is 238 g/mol. The van der Waals surface area contributed by atoms with Crippen molar-refractivity contribution in [3.8, 4) is 0 Å². The Morgan fingerprint density at radius 1 is 1.41 bits per heavy atom. The molecule has 0 radical (unpaired) electrons. The van der Waals surface area contributed by atoms with E-state index in [9.17, 15) is 0 Å². The number of hydrogen-bond acceptors (Lipinski definition) is 2. The average molecular weight is 238 g/mol. The van der Waals surface area contributed by atoms with Crippen LogP contribution in [0.1, 0.15) is 53.4 Å². The highest BCUT2D eigenvalue weighted by Crippen LogP contribution is 2.27. The lowest BCUT2D eigenvalue weighted by molar-refractivity contribution is 0.198. The van der Waals surface area contributed by atoms with Crippen molar-refractivity contribution in [3.63, 3.8) is 0 Å². The van der Waals surface area contributed by atoms with Gasteiger partial charge < -0.3 is 10.7 Å². The van der Waals surface area contributed by atoms with Crippen LogP contribution in [0.5, 0.6) is 0 Å². The fourth-order valence-electron chi connectivity index (χ4n) is 3.15. The van der Waals surface area contributed by atoms with E-state index in [1.165, 1.54) is 25.8 Å². The van der Waals surface area contributed by atoms with Gasteiger partial charge in [-0.05, 0) is 55.7 Å². The molecule has 2 N–H and O–H groups in total. The molecule has 100 valence electrons. The molecule has 2 nitrogen and oxygen atoms in total. The predicted molar refractivity (Wildman–Crippen MR) is 75.7 cm³/mol. The zero-order chi connectivity index (χ0) is 12.8. The summed E-state index contributed by atoms with van der Waals surface area (Å²) >= 11 is 0. The number of nitrogens with one attached hydrogen (secondary N) is 2. The van der Waals surface area contributed by atoms with Crippen molar-refractivity contribution in [2.45, 2.75) is 59.4 Å². The first-order valence-electron chi connectivity index (χ1n) is 7.30. The average Bonchev–Trinajstić information content (AvgIpc) is 2.31.